The van der Waals surface area contributed by atoms with Crippen LogP contribution in [0, 0.1) is 0 Å². The van der Waals surface area contributed by atoms with Crippen molar-refractivity contribution in [1.82, 2.24) is 18.7 Å². The van der Waals surface area contributed by atoms with E-state index in [0.29, 0.717) is 22.2 Å². The van der Waals surface area contributed by atoms with E-state index in [0.717, 1.165) is 10.1 Å². The lowest BCUT2D eigenvalue weighted by molar-refractivity contribution is 0.0998. The molecule has 0 unspecified atom stereocenters. The number of hydrogen-bond acceptors (Lipinski definition) is 6. The summed E-state index contributed by atoms with van der Waals surface area (Å²) in [4.78, 5) is 43.0. The fourth-order valence-electron chi connectivity index (χ4n) is 3.90. The zero-order chi connectivity index (χ0) is 23.3. The second kappa shape index (κ2) is 7.86. The van der Waals surface area contributed by atoms with Crippen molar-refractivity contribution < 1.29 is 4.79 Å². The molecule has 2 aromatic heterocycles. The van der Waals surface area contributed by atoms with Gasteiger partial charge in [-0.1, -0.05) is 54.1 Å². The Morgan fingerprint density at radius 3 is 2.39 bits per heavy atom. The summed E-state index contributed by atoms with van der Waals surface area (Å²) < 4.78 is 4.07. The first kappa shape index (κ1) is 20.9. The Balaban J connectivity index is 1.69. The fraction of sp³-hybridized carbons (Fsp3) is 0.174. The van der Waals surface area contributed by atoms with Gasteiger partial charge in [-0.25, -0.2) is 9.80 Å². The van der Waals surface area contributed by atoms with E-state index in [1.807, 2.05) is 18.2 Å². The molecule has 2 aromatic carbocycles. The van der Waals surface area contributed by atoms with Gasteiger partial charge in [0.05, 0.1) is 12.3 Å². The summed E-state index contributed by atoms with van der Waals surface area (Å²) in [6.45, 7) is 0.162. The van der Waals surface area contributed by atoms with E-state index in [4.69, 9.17) is 16.7 Å². The normalized spacial score (nSPS) is 13.2. The molecule has 3 heterocycles. The molecule has 5 rings (SSSR count). The van der Waals surface area contributed by atoms with E-state index >= 15 is 0 Å². The average molecular weight is 463 g/mol. The molecular formula is C23H19ClN6O3. The van der Waals surface area contributed by atoms with E-state index in [2.05, 4.69) is 4.98 Å². The van der Waals surface area contributed by atoms with Gasteiger partial charge in [-0.15, -0.1) is 0 Å². The molecule has 0 bridgehead atoms. The second-order valence-corrected chi connectivity index (χ2v) is 8.21. The number of ketones is 1. The number of Topliss-reactive ketones (excluding diaryl/α,β-unsaturated/α-hetero) is 1. The van der Waals surface area contributed by atoms with Gasteiger partial charge in [0.15, 0.2) is 16.9 Å². The molecule has 1 aliphatic heterocycles. The minimum absolute atomic E-state index is 0.0846. The molecule has 1 aliphatic rings. The van der Waals surface area contributed by atoms with E-state index < -0.39 is 11.2 Å². The Morgan fingerprint density at radius 1 is 1.00 bits per heavy atom. The first-order valence-electron chi connectivity index (χ1n) is 10.2. The van der Waals surface area contributed by atoms with E-state index in [1.54, 1.807) is 48.0 Å². The van der Waals surface area contributed by atoms with Crippen molar-refractivity contribution in [2.45, 2.75) is 6.54 Å². The second-order valence-electron chi connectivity index (χ2n) is 7.78. The molecule has 0 amide bonds. The molecule has 0 N–H and O–H groups in total. The SMILES string of the molecule is Cn1c(=O)c2c(nc3n2CC(c2ccc(Cl)cc2)=NN3CC(=O)c2ccccc2)n(C)c1=O. The number of anilines is 1. The molecule has 9 nitrogen and oxygen atoms in total. The lowest BCUT2D eigenvalue weighted by Gasteiger charge is -2.25. The van der Waals surface area contributed by atoms with Crippen LogP contribution in [0.25, 0.3) is 11.2 Å². The molecule has 166 valence electrons. The quantitative estimate of drug-likeness (QED) is 0.433. The van der Waals surface area contributed by atoms with Gasteiger partial charge in [0.25, 0.3) is 5.56 Å². The van der Waals surface area contributed by atoms with Crippen LogP contribution in [0.2, 0.25) is 5.02 Å². The van der Waals surface area contributed by atoms with Crippen LogP contribution in [0.3, 0.4) is 0 Å². The van der Waals surface area contributed by atoms with Crippen LogP contribution in [0.1, 0.15) is 15.9 Å². The number of imidazole rings is 1. The average Bonchev–Trinajstić information content (AvgIpc) is 3.22. The van der Waals surface area contributed by atoms with Crippen molar-refractivity contribution in [1.29, 1.82) is 0 Å². The fourth-order valence-corrected chi connectivity index (χ4v) is 4.03. The molecule has 0 fully saturated rings. The third-order valence-electron chi connectivity index (χ3n) is 5.67. The number of nitrogens with zero attached hydrogens (tertiary/aromatic N) is 6. The number of rotatable bonds is 4. The van der Waals surface area contributed by atoms with Gasteiger partial charge >= 0.3 is 5.69 Å². The van der Waals surface area contributed by atoms with Crippen molar-refractivity contribution in [3.05, 3.63) is 91.6 Å². The lowest BCUT2D eigenvalue weighted by atomic mass is 10.1. The van der Waals surface area contributed by atoms with Crippen molar-refractivity contribution >= 4 is 40.2 Å². The Morgan fingerprint density at radius 2 is 1.70 bits per heavy atom. The highest BCUT2D eigenvalue weighted by molar-refractivity contribution is 6.30. The predicted molar refractivity (Wildman–Crippen MR) is 126 cm³/mol. The maximum absolute atomic E-state index is 13.0. The van der Waals surface area contributed by atoms with Gasteiger partial charge in [0.2, 0.25) is 5.95 Å². The summed E-state index contributed by atoms with van der Waals surface area (Å²) in [5.41, 5.74) is 1.54. The number of aromatic nitrogens is 4. The van der Waals surface area contributed by atoms with Crippen LogP contribution in [-0.4, -0.2) is 36.7 Å². The van der Waals surface area contributed by atoms with Crippen LogP contribution >= 0.6 is 11.6 Å². The maximum atomic E-state index is 13.0. The summed E-state index contributed by atoms with van der Waals surface area (Å²) in [6.07, 6.45) is 0. The minimum atomic E-state index is -0.478. The molecule has 0 spiro atoms. The van der Waals surface area contributed by atoms with Crippen molar-refractivity contribution in [3.63, 3.8) is 0 Å². The number of halogens is 1. The molecule has 4 aromatic rings. The highest BCUT2D eigenvalue weighted by Crippen LogP contribution is 2.26. The number of hydrazone groups is 1. The Hall–Kier alpha value is -3.98. The van der Waals surface area contributed by atoms with Crippen molar-refractivity contribution in [2.75, 3.05) is 11.6 Å². The van der Waals surface area contributed by atoms with Crippen molar-refractivity contribution in [2.24, 2.45) is 19.2 Å². The van der Waals surface area contributed by atoms with Gasteiger partial charge in [0, 0.05) is 24.7 Å². The zero-order valence-corrected chi connectivity index (χ0v) is 18.7. The summed E-state index contributed by atoms with van der Waals surface area (Å²) >= 11 is 6.04. The molecule has 10 heteroatoms. The molecule has 33 heavy (non-hydrogen) atoms. The third kappa shape index (κ3) is 3.46. The summed E-state index contributed by atoms with van der Waals surface area (Å²) in [5, 5.41) is 6.76. The number of carbonyl (C=O) groups is 1. The van der Waals surface area contributed by atoms with Crippen LogP contribution in [0.15, 0.2) is 69.3 Å². The van der Waals surface area contributed by atoms with Gasteiger partial charge in [-0.2, -0.15) is 10.1 Å². The lowest BCUT2D eigenvalue weighted by Crippen LogP contribution is -2.38. The topological polar surface area (TPSA) is 94.5 Å². The number of hydrogen-bond donors (Lipinski definition) is 0. The molecular weight excluding hydrogens is 444 g/mol. The third-order valence-corrected chi connectivity index (χ3v) is 5.93. The monoisotopic (exact) mass is 462 g/mol. The maximum Gasteiger partial charge on any atom is 0.332 e. The van der Waals surface area contributed by atoms with Gasteiger partial charge in [0.1, 0.15) is 6.54 Å². The summed E-state index contributed by atoms with van der Waals surface area (Å²) in [5.74, 6) is 0.169. The molecule has 0 aliphatic carbocycles. The van der Waals surface area contributed by atoms with Crippen LogP contribution in [0.4, 0.5) is 5.95 Å². The Kier molecular flexibility index (Phi) is 4.98. The number of benzene rings is 2. The number of carbonyl (C=O) groups excluding carboxylic acids is 1. The van der Waals surface area contributed by atoms with E-state index in [1.165, 1.54) is 16.6 Å². The Bertz CT molecular complexity index is 1550. The van der Waals surface area contributed by atoms with E-state index in [-0.39, 0.29) is 30.0 Å². The first-order chi connectivity index (χ1) is 15.8. The van der Waals surface area contributed by atoms with Crippen LogP contribution in [0.5, 0.6) is 0 Å². The van der Waals surface area contributed by atoms with Crippen LogP contribution in [-0.2, 0) is 20.6 Å². The molecule has 0 atom stereocenters. The standard InChI is InChI=1S/C23H19ClN6O3/c1-27-20-19(21(32)28(2)23(27)33)29-12-17(14-8-10-16(24)11-9-14)26-30(22(29)25-20)13-18(31)15-6-4-3-5-7-15/h3-11H,12-13H2,1-2H3. The molecule has 0 radical (unpaired) electrons. The summed E-state index contributed by atoms with van der Waals surface area (Å²) in [7, 11) is 2.99. The van der Waals surface area contributed by atoms with E-state index in [9.17, 15) is 14.4 Å². The Labute approximate surface area is 192 Å². The largest absolute Gasteiger partial charge is 0.332 e. The highest BCUT2D eigenvalue weighted by atomic mass is 35.5. The number of aryl methyl sites for hydroxylation is 1. The minimum Gasteiger partial charge on any atom is -0.297 e. The van der Waals surface area contributed by atoms with Crippen molar-refractivity contribution in [3.8, 4) is 0 Å². The van der Waals surface area contributed by atoms with Gasteiger partial charge < -0.3 is 0 Å². The highest BCUT2D eigenvalue weighted by Gasteiger charge is 2.29. The molecule has 0 saturated heterocycles. The molecule has 0 saturated carbocycles. The number of fused-ring (bicyclic) bond motifs is 3. The van der Waals surface area contributed by atoms with Gasteiger partial charge in [-0.05, 0) is 17.7 Å². The smallest absolute Gasteiger partial charge is 0.297 e. The van der Waals surface area contributed by atoms with Gasteiger partial charge in [-0.3, -0.25) is 23.3 Å². The van der Waals surface area contributed by atoms with Crippen LogP contribution < -0.4 is 16.3 Å². The first-order valence-corrected chi connectivity index (χ1v) is 10.6. The zero-order valence-electron chi connectivity index (χ0n) is 17.9. The predicted octanol–water partition coefficient (Wildman–Crippen LogP) is 2.19. The summed E-state index contributed by atoms with van der Waals surface area (Å²) in [6, 6.07) is 16.1.